The third-order valence-corrected chi connectivity index (χ3v) is 2.86. The van der Waals surface area contributed by atoms with E-state index in [1.54, 1.807) is 18.3 Å². The molecule has 0 aliphatic carbocycles. The number of carbonyl (C=O) groups excluding carboxylic acids is 1. The fraction of sp³-hybridized carbons (Fsp3) is 0.0714. The van der Waals surface area contributed by atoms with Gasteiger partial charge >= 0.3 is 0 Å². The normalized spacial score (nSPS) is 10.8. The molecule has 0 atom stereocenters. The van der Waals surface area contributed by atoms with Gasteiger partial charge in [-0.2, -0.15) is 4.98 Å². The Bertz CT molecular complexity index is 831. The van der Waals surface area contributed by atoms with Gasteiger partial charge in [-0.05, 0) is 24.3 Å². The van der Waals surface area contributed by atoms with Crippen molar-refractivity contribution in [3.63, 3.8) is 0 Å². The van der Waals surface area contributed by atoms with Gasteiger partial charge in [0, 0.05) is 6.20 Å². The van der Waals surface area contributed by atoms with Gasteiger partial charge in [0.1, 0.15) is 11.4 Å². The first-order valence-electron chi connectivity index (χ1n) is 6.17. The lowest BCUT2D eigenvalue weighted by molar-refractivity contribution is 0.0991. The predicted octanol–water partition coefficient (Wildman–Crippen LogP) is 2.18. The van der Waals surface area contributed by atoms with Gasteiger partial charge in [0.15, 0.2) is 29.4 Å². The van der Waals surface area contributed by atoms with Gasteiger partial charge in [-0.3, -0.25) is 4.79 Å². The Hall–Kier alpha value is -3.03. The summed E-state index contributed by atoms with van der Waals surface area (Å²) in [7, 11) is 0. The average molecular weight is 305 g/mol. The molecule has 0 radical (unpaired) electrons. The summed E-state index contributed by atoms with van der Waals surface area (Å²) in [5.74, 6) is -3.60. The molecule has 112 valence electrons. The third-order valence-electron chi connectivity index (χ3n) is 2.86. The minimum atomic E-state index is -1.22. The molecule has 6 nitrogen and oxygen atoms in total. The molecule has 0 saturated heterocycles. The lowest BCUT2D eigenvalue weighted by Gasteiger charge is -2.07. The Morgan fingerprint density at radius 3 is 2.86 bits per heavy atom. The maximum absolute atomic E-state index is 14.0. The van der Waals surface area contributed by atoms with E-state index < -0.39 is 23.1 Å². The SMILES string of the molecule is NC(=O)c1c(F)ccc(OCc2nc3ncccc3o2)c1F. The van der Waals surface area contributed by atoms with E-state index in [4.69, 9.17) is 14.9 Å². The van der Waals surface area contributed by atoms with Gasteiger partial charge in [0.25, 0.3) is 5.91 Å². The molecule has 2 heterocycles. The van der Waals surface area contributed by atoms with Gasteiger partial charge < -0.3 is 14.9 Å². The first-order chi connectivity index (χ1) is 10.6. The molecule has 0 aliphatic rings. The van der Waals surface area contributed by atoms with E-state index in [1.807, 2.05) is 0 Å². The Labute approximate surface area is 122 Å². The van der Waals surface area contributed by atoms with Crippen molar-refractivity contribution >= 4 is 17.1 Å². The van der Waals surface area contributed by atoms with E-state index in [0.717, 1.165) is 12.1 Å². The van der Waals surface area contributed by atoms with Crippen molar-refractivity contribution in [2.24, 2.45) is 5.73 Å². The number of hydrogen-bond acceptors (Lipinski definition) is 5. The van der Waals surface area contributed by atoms with Crippen LogP contribution in [0.25, 0.3) is 11.2 Å². The fourth-order valence-electron chi connectivity index (χ4n) is 1.89. The molecule has 0 fully saturated rings. The second-order valence-corrected chi connectivity index (χ2v) is 4.32. The summed E-state index contributed by atoms with van der Waals surface area (Å²) < 4.78 is 37.8. The minimum absolute atomic E-state index is 0.165. The van der Waals surface area contributed by atoms with E-state index in [1.165, 1.54) is 0 Å². The maximum atomic E-state index is 14.0. The molecule has 3 rings (SSSR count). The average Bonchev–Trinajstić information content (AvgIpc) is 2.89. The highest BCUT2D eigenvalue weighted by molar-refractivity contribution is 5.93. The van der Waals surface area contributed by atoms with Crippen molar-refractivity contribution in [2.75, 3.05) is 0 Å². The largest absolute Gasteiger partial charge is 0.481 e. The first-order valence-corrected chi connectivity index (χ1v) is 6.17. The number of halogens is 2. The van der Waals surface area contributed by atoms with E-state index >= 15 is 0 Å². The van der Waals surface area contributed by atoms with Crippen molar-refractivity contribution in [3.05, 3.63) is 53.6 Å². The zero-order valence-corrected chi connectivity index (χ0v) is 11.0. The number of pyridine rings is 1. The van der Waals surface area contributed by atoms with Crippen molar-refractivity contribution in [1.82, 2.24) is 9.97 Å². The molecule has 2 aromatic heterocycles. The number of nitrogens with zero attached hydrogens (tertiary/aromatic N) is 2. The second-order valence-electron chi connectivity index (χ2n) is 4.32. The van der Waals surface area contributed by atoms with Gasteiger partial charge in [0.2, 0.25) is 5.89 Å². The highest BCUT2D eigenvalue weighted by atomic mass is 19.1. The van der Waals surface area contributed by atoms with Crippen LogP contribution in [0.5, 0.6) is 5.75 Å². The standard InChI is InChI=1S/C14H9F2N3O3/c15-7-3-4-8(12(16)11(7)13(17)20)21-6-10-19-14-9(22-10)2-1-5-18-14/h1-5H,6H2,(H2,17,20). The summed E-state index contributed by atoms with van der Waals surface area (Å²) in [5.41, 5.74) is 4.92. The van der Waals surface area contributed by atoms with Crippen molar-refractivity contribution in [2.45, 2.75) is 6.61 Å². The molecule has 0 bridgehead atoms. The molecule has 2 N–H and O–H groups in total. The van der Waals surface area contributed by atoms with Crippen LogP contribution in [0.15, 0.2) is 34.9 Å². The Morgan fingerprint density at radius 2 is 2.14 bits per heavy atom. The van der Waals surface area contributed by atoms with E-state index in [2.05, 4.69) is 9.97 Å². The summed E-state index contributed by atoms with van der Waals surface area (Å²) in [6, 6.07) is 5.30. The number of aromatic nitrogens is 2. The molecule has 8 heteroatoms. The number of rotatable bonds is 4. The summed E-state index contributed by atoms with van der Waals surface area (Å²) in [4.78, 5) is 19.1. The number of nitrogens with two attached hydrogens (primary N) is 1. The number of fused-ring (bicyclic) bond motifs is 1. The predicted molar refractivity (Wildman–Crippen MR) is 71.0 cm³/mol. The van der Waals surface area contributed by atoms with Crippen LogP contribution in [0, 0.1) is 11.6 Å². The lowest BCUT2D eigenvalue weighted by atomic mass is 10.1. The van der Waals surface area contributed by atoms with E-state index in [0.29, 0.717) is 11.2 Å². The Balaban J connectivity index is 1.84. The molecule has 0 unspecified atom stereocenters. The smallest absolute Gasteiger partial charge is 0.254 e. The van der Waals surface area contributed by atoms with Crippen LogP contribution in [0.2, 0.25) is 0 Å². The van der Waals surface area contributed by atoms with Crippen molar-refractivity contribution < 1.29 is 22.7 Å². The number of oxazole rings is 1. The van der Waals surface area contributed by atoms with Crippen LogP contribution >= 0.6 is 0 Å². The van der Waals surface area contributed by atoms with E-state index in [-0.39, 0.29) is 18.2 Å². The summed E-state index contributed by atoms with van der Waals surface area (Å²) in [6.45, 7) is -0.211. The molecule has 1 amide bonds. The molecule has 22 heavy (non-hydrogen) atoms. The van der Waals surface area contributed by atoms with Gasteiger partial charge in [-0.15, -0.1) is 0 Å². The number of primary amides is 1. The summed E-state index contributed by atoms with van der Waals surface area (Å²) in [5, 5.41) is 0. The molecule has 1 aromatic carbocycles. The number of ether oxygens (including phenoxy) is 1. The third kappa shape index (κ3) is 2.46. The molecular formula is C14H9F2N3O3. The number of amides is 1. The van der Waals surface area contributed by atoms with E-state index in [9.17, 15) is 13.6 Å². The first kappa shape index (κ1) is 13.9. The Morgan fingerprint density at radius 1 is 1.32 bits per heavy atom. The van der Waals surface area contributed by atoms with Crippen LogP contribution in [0.3, 0.4) is 0 Å². The van der Waals surface area contributed by atoms with Gasteiger partial charge in [0.05, 0.1) is 0 Å². The summed E-state index contributed by atoms with van der Waals surface area (Å²) >= 11 is 0. The minimum Gasteiger partial charge on any atom is -0.481 e. The van der Waals surface area contributed by atoms with Gasteiger partial charge in [-0.25, -0.2) is 13.8 Å². The molecule has 3 aromatic rings. The quantitative estimate of drug-likeness (QED) is 0.797. The maximum Gasteiger partial charge on any atom is 0.254 e. The van der Waals surface area contributed by atoms with Gasteiger partial charge in [-0.1, -0.05) is 0 Å². The number of hydrogen-bond donors (Lipinski definition) is 1. The van der Waals surface area contributed by atoms with Crippen LogP contribution in [-0.2, 0) is 6.61 Å². The zero-order chi connectivity index (χ0) is 15.7. The lowest BCUT2D eigenvalue weighted by Crippen LogP contribution is -2.16. The van der Waals surface area contributed by atoms with Crippen LogP contribution in [0.1, 0.15) is 16.2 Å². The molecule has 0 aliphatic heterocycles. The summed E-state index contributed by atoms with van der Waals surface area (Å²) in [6.07, 6.45) is 1.55. The van der Waals surface area contributed by atoms with Crippen LogP contribution in [-0.4, -0.2) is 15.9 Å². The fourth-order valence-corrected chi connectivity index (χ4v) is 1.89. The zero-order valence-electron chi connectivity index (χ0n) is 11.0. The molecular weight excluding hydrogens is 296 g/mol. The Kier molecular flexibility index (Phi) is 3.42. The molecule has 0 spiro atoms. The highest BCUT2D eigenvalue weighted by Crippen LogP contribution is 2.24. The van der Waals surface area contributed by atoms with Crippen LogP contribution < -0.4 is 10.5 Å². The topological polar surface area (TPSA) is 91.2 Å². The number of carbonyl (C=O) groups is 1. The number of benzene rings is 1. The monoisotopic (exact) mass is 305 g/mol. The molecule has 0 saturated carbocycles. The van der Waals surface area contributed by atoms with Crippen LogP contribution in [0.4, 0.5) is 8.78 Å². The van der Waals surface area contributed by atoms with Crippen molar-refractivity contribution in [3.8, 4) is 5.75 Å². The second kappa shape index (κ2) is 5.40. The highest BCUT2D eigenvalue weighted by Gasteiger charge is 2.19. The van der Waals surface area contributed by atoms with Crippen molar-refractivity contribution in [1.29, 1.82) is 0 Å².